The molecular weight excluding hydrogens is 190 g/mol. The summed E-state index contributed by atoms with van der Waals surface area (Å²) in [5, 5.41) is 0. The Morgan fingerprint density at radius 2 is 2.40 bits per heavy atom. The molecule has 1 aromatic rings. The Morgan fingerprint density at radius 1 is 1.53 bits per heavy atom. The molecule has 4 nitrogen and oxygen atoms in total. The topological polar surface area (TPSA) is 53.1 Å². The van der Waals surface area contributed by atoms with Crippen LogP contribution in [-0.2, 0) is 24.3 Å². The van der Waals surface area contributed by atoms with Crippen LogP contribution in [0, 0.1) is 0 Å². The van der Waals surface area contributed by atoms with Crippen molar-refractivity contribution in [1.82, 2.24) is 9.55 Å². The summed E-state index contributed by atoms with van der Waals surface area (Å²) in [6.07, 6.45) is 6.39. The molecule has 0 radical (unpaired) electrons. The molecule has 0 saturated heterocycles. The summed E-state index contributed by atoms with van der Waals surface area (Å²) < 4.78 is 7.67. The smallest absolute Gasteiger partial charge is 0.109 e. The van der Waals surface area contributed by atoms with Gasteiger partial charge in [0.1, 0.15) is 5.82 Å². The van der Waals surface area contributed by atoms with Gasteiger partial charge in [0.05, 0.1) is 25.1 Å². The maximum absolute atomic E-state index is 6.08. The minimum absolute atomic E-state index is 0.136. The van der Waals surface area contributed by atoms with Crippen LogP contribution in [0.4, 0.5) is 0 Å². The number of hydrogen-bond donors (Lipinski definition) is 1. The van der Waals surface area contributed by atoms with Crippen LogP contribution >= 0.6 is 0 Å². The maximum Gasteiger partial charge on any atom is 0.109 e. The first-order valence-electron chi connectivity index (χ1n) is 5.67. The highest BCUT2D eigenvalue weighted by Gasteiger charge is 2.37. The number of aryl methyl sites for hydroxylation is 1. The van der Waals surface area contributed by atoms with Crippen molar-refractivity contribution < 1.29 is 4.74 Å². The van der Waals surface area contributed by atoms with E-state index in [-0.39, 0.29) is 5.54 Å². The van der Waals surface area contributed by atoms with Gasteiger partial charge in [0.25, 0.3) is 0 Å². The second kappa shape index (κ2) is 3.32. The van der Waals surface area contributed by atoms with E-state index in [0.717, 1.165) is 26.0 Å². The first kappa shape index (κ1) is 9.36. The molecular formula is C11H17N3O. The number of imidazole rings is 1. The maximum atomic E-state index is 6.08. The summed E-state index contributed by atoms with van der Waals surface area (Å²) in [5.41, 5.74) is 7.42. The standard InChI is InChI=1S/C11H17N3O/c12-11(3-4-11)2-1-10-13-7-9-8-15-6-5-14(9)10/h7H,1-6,8,12H2. The second-order valence-corrected chi connectivity index (χ2v) is 4.73. The molecule has 82 valence electrons. The zero-order valence-electron chi connectivity index (χ0n) is 8.91. The average molecular weight is 207 g/mol. The Hall–Kier alpha value is -0.870. The highest BCUT2D eigenvalue weighted by molar-refractivity contribution is 5.08. The minimum Gasteiger partial charge on any atom is -0.373 e. The first-order valence-corrected chi connectivity index (χ1v) is 5.67. The van der Waals surface area contributed by atoms with Gasteiger partial charge in [-0.3, -0.25) is 0 Å². The molecule has 0 spiro atoms. The van der Waals surface area contributed by atoms with E-state index in [1.807, 2.05) is 6.20 Å². The quantitative estimate of drug-likeness (QED) is 0.799. The molecule has 1 saturated carbocycles. The number of hydrogen-bond acceptors (Lipinski definition) is 3. The van der Waals surface area contributed by atoms with E-state index in [1.54, 1.807) is 0 Å². The van der Waals surface area contributed by atoms with Crippen LogP contribution < -0.4 is 5.73 Å². The lowest BCUT2D eigenvalue weighted by Gasteiger charge is -2.17. The largest absolute Gasteiger partial charge is 0.373 e. The molecule has 2 heterocycles. The van der Waals surface area contributed by atoms with Crippen molar-refractivity contribution in [3.63, 3.8) is 0 Å². The van der Waals surface area contributed by atoms with Gasteiger partial charge >= 0.3 is 0 Å². The first-order chi connectivity index (χ1) is 7.27. The molecule has 15 heavy (non-hydrogen) atoms. The van der Waals surface area contributed by atoms with Gasteiger partial charge in [0, 0.05) is 18.5 Å². The summed E-state index contributed by atoms with van der Waals surface area (Å²) in [6, 6.07) is 0. The fourth-order valence-electron chi connectivity index (χ4n) is 2.15. The highest BCUT2D eigenvalue weighted by atomic mass is 16.5. The van der Waals surface area contributed by atoms with Crippen LogP contribution in [0.15, 0.2) is 6.20 Å². The molecule has 0 aromatic carbocycles. The van der Waals surface area contributed by atoms with E-state index in [0.29, 0.717) is 6.61 Å². The van der Waals surface area contributed by atoms with Crippen LogP contribution in [0.1, 0.15) is 30.8 Å². The average Bonchev–Trinajstić information content (AvgIpc) is 2.86. The normalized spacial score (nSPS) is 22.5. The lowest BCUT2D eigenvalue weighted by Crippen LogP contribution is -2.24. The lowest BCUT2D eigenvalue weighted by atomic mass is 10.1. The van der Waals surface area contributed by atoms with Crippen molar-refractivity contribution in [3.8, 4) is 0 Å². The number of rotatable bonds is 3. The van der Waals surface area contributed by atoms with Crippen molar-refractivity contribution >= 4 is 0 Å². The van der Waals surface area contributed by atoms with Crippen LogP contribution in [0.25, 0.3) is 0 Å². The van der Waals surface area contributed by atoms with Crippen LogP contribution in [0.2, 0.25) is 0 Å². The molecule has 2 N–H and O–H groups in total. The summed E-state index contributed by atoms with van der Waals surface area (Å²) in [6.45, 7) is 2.47. The highest BCUT2D eigenvalue weighted by Crippen LogP contribution is 2.36. The number of nitrogens with zero attached hydrogens (tertiary/aromatic N) is 2. The van der Waals surface area contributed by atoms with E-state index >= 15 is 0 Å². The summed E-state index contributed by atoms with van der Waals surface area (Å²) in [7, 11) is 0. The zero-order chi connectivity index (χ0) is 10.3. The third-order valence-corrected chi connectivity index (χ3v) is 3.47. The van der Waals surface area contributed by atoms with E-state index < -0.39 is 0 Å². The summed E-state index contributed by atoms with van der Waals surface area (Å²) in [4.78, 5) is 4.46. The van der Waals surface area contributed by atoms with Crippen molar-refractivity contribution in [2.45, 2.75) is 44.4 Å². The van der Waals surface area contributed by atoms with Gasteiger partial charge in [-0.15, -0.1) is 0 Å². The molecule has 0 amide bonds. The molecule has 4 heteroatoms. The monoisotopic (exact) mass is 207 g/mol. The molecule has 1 aliphatic carbocycles. The molecule has 0 atom stereocenters. The van der Waals surface area contributed by atoms with Gasteiger partial charge < -0.3 is 15.0 Å². The number of ether oxygens (including phenoxy) is 1. The fraction of sp³-hybridized carbons (Fsp3) is 0.727. The van der Waals surface area contributed by atoms with Gasteiger partial charge in [-0.25, -0.2) is 4.98 Å². The molecule has 0 unspecified atom stereocenters. The van der Waals surface area contributed by atoms with Gasteiger partial charge in [-0.05, 0) is 19.3 Å². The van der Waals surface area contributed by atoms with E-state index in [2.05, 4.69) is 9.55 Å². The van der Waals surface area contributed by atoms with Gasteiger partial charge in [0.2, 0.25) is 0 Å². The molecule has 1 fully saturated rings. The van der Waals surface area contributed by atoms with Gasteiger partial charge in [-0.1, -0.05) is 0 Å². The summed E-state index contributed by atoms with van der Waals surface area (Å²) >= 11 is 0. The van der Waals surface area contributed by atoms with E-state index in [9.17, 15) is 0 Å². The predicted molar refractivity (Wildman–Crippen MR) is 56.4 cm³/mol. The summed E-state index contributed by atoms with van der Waals surface area (Å²) in [5.74, 6) is 1.19. The Kier molecular flexibility index (Phi) is 2.07. The van der Waals surface area contributed by atoms with Crippen molar-refractivity contribution in [2.75, 3.05) is 6.61 Å². The van der Waals surface area contributed by atoms with Crippen LogP contribution in [-0.4, -0.2) is 21.7 Å². The Bertz CT molecular complexity index is 368. The lowest BCUT2D eigenvalue weighted by molar-refractivity contribution is 0.0839. The Balaban J connectivity index is 1.71. The molecule has 2 aliphatic rings. The molecule has 3 rings (SSSR count). The van der Waals surface area contributed by atoms with Crippen molar-refractivity contribution in [1.29, 1.82) is 0 Å². The van der Waals surface area contributed by atoms with E-state index in [1.165, 1.54) is 24.4 Å². The number of aromatic nitrogens is 2. The van der Waals surface area contributed by atoms with Crippen molar-refractivity contribution in [3.05, 3.63) is 17.7 Å². The van der Waals surface area contributed by atoms with E-state index in [4.69, 9.17) is 10.5 Å². The molecule has 1 aromatic heterocycles. The third-order valence-electron chi connectivity index (χ3n) is 3.47. The van der Waals surface area contributed by atoms with Gasteiger partial charge in [-0.2, -0.15) is 0 Å². The second-order valence-electron chi connectivity index (χ2n) is 4.73. The number of fused-ring (bicyclic) bond motifs is 1. The predicted octanol–water partition coefficient (Wildman–Crippen LogP) is 0.837. The van der Waals surface area contributed by atoms with Crippen molar-refractivity contribution in [2.24, 2.45) is 5.73 Å². The van der Waals surface area contributed by atoms with Crippen LogP contribution in [0.3, 0.4) is 0 Å². The third kappa shape index (κ3) is 1.79. The van der Waals surface area contributed by atoms with Crippen LogP contribution in [0.5, 0.6) is 0 Å². The molecule has 0 bridgehead atoms. The zero-order valence-corrected chi connectivity index (χ0v) is 8.91. The molecule has 1 aliphatic heterocycles. The Labute approximate surface area is 89.4 Å². The van der Waals surface area contributed by atoms with Gasteiger partial charge in [0.15, 0.2) is 0 Å². The SMILES string of the molecule is NC1(CCc2ncc3n2CCOC3)CC1. The minimum atomic E-state index is 0.136. The fourth-order valence-corrected chi connectivity index (χ4v) is 2.15. The number of nitrogens with two attached hydrogens (primary N) is 1. The Morgan fingerprint density at radius 3 is 3.20 bits per heavy atom.